The topological polar surface area (TPSA) is 46.5 Å². The number of hydrogen-bond acceptors (Lipinski definition) is 3. The van der Waals surface area contributed by atoms with E-state index in [0.29, 0.717) is 6.42 Å². The zero-order valence-electron chi connectivity index (χ0n) is 14.0. The quantitative estimate of drug-likeness (QED) is 0.285. The summed E-state index contributed by atoms with van der Waals surface area (Å²) in [6, 6.07) is 0. The van der Waals surface area contributed by atoms with E-state index in [2.05, 4.69) is 17.7 Å². The minimum atomic E-state index is -0.255. The average molecular weight is 298 g/mol. The van der Waals surface area contributed by atoms with Gasteiger partial charge in [0, 0.05) is 6.42 Å². The van der Waals surface area contributed by atoms with Crippen LogP contribution in [0, 0.1) is 0 Å². The molecule has 3 nitrogen and oxygen atoms in total. The van der Waals surface area contributed by atoms with Gasteiger partial charge in [-0.05, 0) is 25.7 Å². The Bertz CT molecular complexity index is 261. The number of carbonyl (C=O) groups is 1. The van der Waals surface area contributed by atoms with Crippen molar-refractivity contribution in [1.29, 1.82) is 0 Å². The van der Waals surface area contributed by atoms with Crippen molar-refractivity contribution in [1.82, 2.24) is 0 Å². The number of aliphatic hydroxyl groups excluding tert-OH is 1. The lowest BCUT2D eigenvalue weighted by Crippen LogP contribution is -2.01. The van der Waals surface area contributed by atoms with E-state index in [9.17, 15) is 9.90 Å². The predicted octanol–water partition coefficient (Wildman–Crippen LogP) is 4.78. The number of hydrogen-bond donors (Lipinski definition) is 1. The number of rotatable bonds is 14. The minimum Gasteiger partial charge on any atom is -0.469 e. The molecule has 0 rings (SSSR count). The number of allylic oxidation sites excluding steroid dienone is 1. The zero-order chi connectivity index (χ0) is 15.8. The highest BCUT2D eigenvalue weighted by Crippen LogP contribution is 2.10. The van der Waals surface area contributed by atoms with Crippen LogP contribution in [0.3, 0.4) is 0 Å². The second-order valence-electron chi connectivity index (χ2n) is 5.73. The van der Waals surface area contributed by atoms with Crippen molar-refractivity contribution in [2.24, 2.45) is 0 Å². The Morgan fingerprint density at radius 3 is 2.38 bits per heavy atom. The van der Waals surface area contributed by atoms with Crippen LogP contribution in [-0.4, -0.2) is 24.3 Å². The smallest absolute Gasteiger partial charge is 0.305 e. The maximum atomic E-state index is 10.9. The van der Waals surface area contributed by atoms with Gasteiger partial charge in [-0.1, -0.05) is 64.0 Å². The van der Waals surface area contributed by atoms with Crippen LogP contribution in [0.2, 0.25) is 0 Å². The van der Waals surface area contributed by atoms with Gasteiger partial charge in [0.1, 0.15) is 0 Å². The van der Waals surface area contributed by atoms with E-state index >= 15 is 0 Å². The van der Waals surface area contributed by atoms with Gasteiger partial charge in [-0.25, -0.2) is 0 Å². The van der Waals surface area contributed by atoms with Gasteiger partial charge in [0.05, 0.1) is 13.2 Å². The van der Waals surface area contributed by atoms with Crippen LogP contribution in [0.1, 0.15) is 84.0 Å². The van der Waals surface area contributed by atoms with Crippen molar-refractivity contribution < 1.29 is 14.6 Å². The summed E-state index contributed by atoms with van der Waals surface area (Å²) >= 11 is 0. The van der Waals surface area contributed by atoms with Crippen LogP contribution >= 0.6 is 0 Å². The minimum absolute atomic E-state index is 0.0994. The van der Waals surface area contributed by atoms with Gasteiger partial charge in [0.15, 0.2) is 0 Å². The largest absolute Gasteiger partial charge is 0.469 e. The molecule has 0 radical (unpaired) electrons. The van der Waals surface area contributed by atoms with Crippen LogP contribution in [0.25, 0.3) is 0 Å². The van der Waals surface area contributed by atoms with Crippen molar-refractivity contribution >= 4 is 5.97 Å². The molecule has 3 heteroatoms. The number of ether oxygens (including phenoxy) is 1. The Morgan fingerprint density at radius 2 is 1.71 bits per heavy atom. The molecule has 1 N–H and O–H groups in total. The monoisotopic (exact) mass is 298 g/mol. The maximum absolute atomic E-state index is 10.9. The summed E-state index contributed by atoms with van der Waals surface area (Å²) in [5, 5.41) is 9.72. The first-order valence-corrected chi connectivity index (χ1v) is 8.62. The summed E-state index contributed by atoms with van der Waals surface area (Å²) in [6.45, 7) is 2.18. The molecule has 0 aliphatic rings. The van der Waals surface area contributed by atoms with Crippen LogP contribution in [0.5, 0.6) is 0 Å². The fourth-order valence-electron chi connectivity index (χ4n) is 2.29. The van der Waals surface area contributed by atoms with Crippen molar-refractivity contribution in [3.8, 4) is 0 Å². The fraction of sp³-hybridized carbons (Fsp3) is 0.833. The van der Waals surface area contributed by atoms with Gasteiger partial charge in [-0.3, -0.25) is 4.79 Å². The first kappa shape index (κ1) is 20.2. The molecule has 0 spiro atoms. The van der Waals surface area contributed by atoms with Crippen molar-refractivity contribution in [2.75, 3.05) is 7.11 Å². The summed E-state index contributed by atoms with van der Waals surface area (Å²) in [6.07, 6.45) is 16.8. The molecular formula is C18H34O3. The lowest BCUT2D eigenvalue weighted by atomic mass is 10.1. The Balaban J connectivity index is 3.26. The third-order valence-electron chi connectivity index (χ3n) is 3.69. The Hall–Kier alpha value is -0.830. The van der Waals surface area contributed by atoms with Crippen LogP contribution in [0.4, 0.5) is 0 Å². The third-order valence-corrected chi connectivity index (χ3v) is 3.69. The molecule has 0 fully saturated rings. The molecule has 0 aliphatic carbocycles. The molecule has 124 valence electrons. The standard InChI is InChI=1S/C18H34O3/c1-3-4-11-14-17(19)15-12-9-7-5-6-8-10-13-16-18(20)21-2/h12,15,17,19H,3-11,13-14,16H2,1-2H3/b15-12+/t17-/m0/s1. The van der Waals surface area contributed by atoms with E-state index < -0.39 is 0 Å². The molecule has 0 aromatic heterocycles. The third kappa shape index (κ3) is 15.4. The number of esters is 1. The Morgan fingerprint density at radius 1 is 1.05 bits per heavy atom. The molecule has 0 heterocycles. The number of unbranched alkanes of at least 4 members (excludes halogenated alkanes) is 8. The lowest BCUT2D eigenvalue weighted by Gasteiger charge is -2.04. The molecule has 0 saturated carbocycles. The fourth-order valence-corrected chi connectivity index (χ4v) is 2.29. The van der Waals surface area contributed by atoms with Crippen LogP contribution in [0.15, 0.2) is 12.2 Å². The number of methoxy groups -OCH3 is 1. The van der Waals surface area contributed by atoms with E-state index in [1.807, 2.05) is 6.08 Å². The maximum Gasteiger partial charge on any atom is 0.305 e. The molecule has 0 aromatic carbocycles. The van der Waals surface area contributed by atoms with Crippen LogP contribution in [-0.2, 0) is 9.53 Å². The van der Waals surface area contributed by atoms with Gasteiger partial charge < -0.3 is 9.84 Å². The number of carbonyl (C=O) groups excluding carboxylic acids is 1. The van der Waals surface area contributed by atoms with Crippen molar-refractivity contribution in [2.45, 2.75) is 90.1 Å². The van der Waals surface area contributed by atoms with Crippen molar-refractivity contribution in [3.63, 3.8) is 0 Å². The summed E-state index contributed by atoms with van der Waals surface area (Å²) in [5.41, 5.74) is 0. The summed E-state index contributed by atoms with van der Waals surface area (Å²) < 4.78 is 4.61. The van der Waals surface area contributed by atoms with Crippen LogP contribution < -0.4 is 0 Å². The highest BCUT2D eigenvalue weighted by atomic mass is 16.5. The van der Waals surface area contributed by atoms with Crippen molar-refractivity contribution in [3.05, 3.63) is 12.2 Å². The normalized spacial score (nSPS) is 12.7. The Kier molecular flexibility index (Phi) is 14.9. The highest BCUT2D eigenvalue weighted by molar-refractivity contribution is 5.68. The molecular weight excluding hydrogens is 264 g/mol. The van der Waals surface area contributed by atoms with Gasteiger partial charge >= 0.3 is 5.97 Å². The van der Waals surface area contributed by atoms with E-state index in [1.54, 1.807) is 0 Å². The molecule has 0 unspecified atom stereocenters. The summed E-state index contributed by atoms with van der Waals surface area (Å²) in [5.74, 6) is -0.0994. The summed E-state index contributed by atoms with van der Waals surface area (Å²) in [7, 11) is 1.44. The van der Waals surface area contributed by atoms with E-state index in [-0.39, 0.29) is 12.1 Å². The van der Waals surface area contributed by atoms with E-state index in [4.69, 9.17) is 0 Å². The highest BCUT2D eigenvalue weighted by Gasteiger charge is 1.99. The van der Waals surface area contributed by atoms with E-state index in [0.717, 1.165) is 32.1 Å². The summed E-state index contributed by atoms with van der Waals surface area (Å²) in [4.78, 5) is 10.9. The average Bonchev–Trinajstić information content (AvgIpc) is 2.49. The molecule has 0 aliphatic heterocycles. The zero-order valence-corrected chi connectivity index (χ0v) is 14.0. The molecule has 21 heavy (non-hydrogen) atoms. The molecule has 1 atom stereocenters. The molecule has 0 bridgehead atoms. The first-order chi connectivity index (χ1) is 10.2. The van der Waals surface area contributed by atoms with Gasteiger partial charge in [0.25, 0.3) is 0 Å². The molecule has 0 aromatic rings. The van der Waals surface area contributed by atoms with E-state index in [1.165, 1.54) is 45.6 Å². The van der Waals surface area contributed by atoms with Gasteiger partial charge in [-0.2, -0.15) is 0 Å². The van der Waals surface area contributed by atoms with Gasteiger partial charge in [0.2, 0.25) is 0 Å². The Labute approximate surface area is 130 Å². The molecule has 0 amide bonds. The van der Waals surface area contributed by atoms with Gasteiger partial charge in [-0.15, -0.1) is 0 Å². The lowest BCUT2D eigenvalue weighted by molar-refractivity contribution is -0.140. The number of aliphatic hydroxyl groups is 1. The molecule has 0 saturated heterocycles. The first-order valence-electron chi connectivity index (χ1n) is 8.62. The predicted molar refractivity (Wildman–Crippen MR) is 88.2 cm³/mol. The second-order valence-corrected chi connectivity index (χ2v) is 5.73. The second kappa shape index (κ2) is 15.6. The SMILES string of the molecule is CCCCC[C@H](O)/C=C/CCCCCCCCC(=O)OC.